The van der Waals surface area contributed by atoms with E-state index < -0.39 is 10.8 Å². The zero-order chi connectivity index (χ0) is 38.7. The van der Waals surface area contributed by atoms with Crippen molar-refractivity contribution < 1.29 is 0 Å². The topological polar surface area (TPSA) is 17.8 Å². The lowest BCUT2D eigenvalue weighted by molar-refractivity contribution is 0.634. The molecule has 0 unspecified atom stereocenters. The average Bonchev–Trinajstić information content (AvgIpc) is 3.94. The molecule has 0 saturated carbocycles. The molecule has 0 N–H and O–H groups in total. The first kappa shape index (κ1) is 32.5. The molecule has 0 amide bonds. The lowest BCUT2D eigenvalue weighted by atomic mass is 9.51. The Morgan fingerprint density at radius 3 is 1.32 bits per heavy atom. The van der Waals surface area contributed by atoms with Crippen LogP contribution in [-0.2, 0) is 10.8 Å². The Morgan fingerprint density at radius 1 is 0.305 bits per heavy atom. The summed E-state index contributed by atoms with van der Waals surface area (Å²) in [5.74, 6) is 0.932. The number of hydrogen-bond acceptors (Lipinski definition) is 1. The normalized spacial score (nSPS) is 14.4. The van der Waals surface area contributed by atoms with Crippen LogP contribution in [0, 0.1) is 0 Å². The van der Waals surface area contributed by atoms with Crippen LogP contribution in [0.25, 0.3) is 61.5 Å². The Hall–Kier alpha value is -7.55. The second-order valence-electron chi connectivity index (χ2n) is 16.1. The smallest absolute Gasteiger partial charge is 0.145 e. The number of imidazole rings is 1. The first-order valence-electron chi connectivity index (χ1n) is 20.6. The van der Waals surface area contributed by atoms with Gasteiger partial charge in [0.1, 0.15) is 5.82 Å². The molecule has 0 atom stereocenters. The van der Waals surface area contributed by atoms with Crippen molar-refractivity contribution in [3.63, 3.8) is 0 Å². The molecule has 1 aromatic heterocycles. The molecule has 274 valence electrons. The Bertz CT molecular complexity index is 3240. The van der Waals surface area contributed by atoms with Crippen LogP contribution in [0.2, 0.25) is 0 Å². The van der Waals surface area contributed by atoms with Crippen molar-refractivity contribution in [1.29, 1.82) is 0 Å². The van der Waals surface area contributed by atoms with Crippen LogP contribution < -0.4 is 0 Å². The van der Waals surface area contributed by atoms with Crippen molar-refractivity contribution in [2.75, 3.05) is 0 Å². The zero-order valence-electron chi connectivity index (χ0n) is 32.2. The molecule has 13 rings (SSSR count). The lowest BCUT2D eigenvalue weighted by Crippen LogP contribution is -2.44. The van der Waals surface area contributed by atoms with Crippen LogP contribution >= 0.6 is 0 Å². The minimum atomic E-state index is -0.562. The molecule has 3 aliphatic rings. The van der Waals surface area contributed by atoms with E-state index in [2.05, 4.69) is 223 Å². The third-order valence-corrected chi connectivity index (χ3v) is 13.5. The highest BCUT2D eigenvalue weighted by molar-refractivity contribution is 5.96. The fourth-order valence-electron chi connectivity index (χ4n) is 11.4. The van der Waals surface area contributed by atoms with Crippen LogP contribution in [0.15, 0.2) is 218 Å². The summed E-state index contributed by atoms with van der Waals surface area (Å²) in [4.78, 5) is 5.22. The molecule has 0 radical (unpaired) electrons. The van der Waals surface area contributed by atoms with Crippen LogP contribution in [0.3, 0.4) is 0 Å². The molecule has 59 heavy (non-hydrogen) atoms. The third-order valence-electron chi connectivity index (χ3n) is 13.5. The van der Waals surface area contributed by atoms with Crippen molar-refractivity contribution in [2.24, 2.45) is 0 Å². The van der Waals surface area contributed by atoms with Gasteiger partial charge in [-0.25, -0.2) is 4.98 Å². The van der Waals surface area contributed by atoms with E-state index in [4.69, 9.17) is 4.98 Å². The van der Waals surface area contributed by atoms with Gasteiger partial charge in [-0.1, -0.05) is 194 Å². The van der Waals surface area contributed by atoms with Crippen LogP contribution in [-0.4, -0.2) is 9.55 Å². The van der Waals surface area contributed by atoms with Gasteiger partial charge < -0.3 is 0 Å². The number of para-hydroxylation sites is 3. The fraction of sp³-hybridized carbons (Fsp3) is 0.0351. The molecule has 9 aromatic carbocycles. The van der Waals surface area contributed by atoms with Crippen molar-refractivity contribution in [3.8, 4) is 50.5 Å². The van der Waals surface area contributed by atoms with Gasteiger partial charge in [0, 0.05) is 11.3 Å². The number of rotatable bonds is 3. The average molecular weight is 749 g/mol. The van der Waals surface area contributed by atoms with Gasteiger partial charge >= 0.3 is 0 Å². The van der Waals surface area contributed by atoms with E-state index in [0.717, 1.165) is 28.1 Å². The molecule has 2 nitrogen and oxygen atoms in total. The quantitative estimate of drug-likeness (QED) is 0.176. The second kappa shape index (κ2) is 12.0. The van der Waals surface area contributed by atoms with Crippen LogP contribution in [0.4, 0.5) is 0 Å². The highest BCUT2D eigenvalue weighted by Crippen LogP contribution is 2.68. The molecular weight excluding hydrogens is 713 g/mol. The highest BCUT2D eigenvalue weighted by Gasteiger charge is 2.59. The minimum absolute atomic E-state index is 0.521. The second-order valence-corrected chi connectivity index (χ2v) is 16.1. The largest absolute Gasteiger partial charge is 0.292 e. The molecular formula is C57H36N2. The Labute approximate surface area is 343 Å². The van der Waals surface area contributed by atoms with Gasteiger partial charge in [0.05, 0.1) is 21.9 Å². The molecule has 1 heterocycles. The van der Waals surface area contributed by atoms with Gasteiger partial charge in [-0.05, 0) is 102 Å². The van der Waals surface area contributed by atoms with E-state index in [1.165, 1.54) is 77.9 Å². The summed E-state index contributed by atoms with van der Waals surface area (Å²) < 4.78 is 2.28. The molecule has 0 saturated heterocycles. The van der Waals surface area contributed by atoms with Gasteiger partial charge in [-0.2, -0.15) is 0 Å². The predicted octanol–water partition coefficient (Wildman–Crippen LogP) is 13.4. The van der Waals surface area contributed by atoms with Crippen molar-refractivity contribution in [3.05, 3.63) is 263 Å². The highest BCUT2D eigenvalue weighted by atomic mass is 15.1. The standard InChI is InChI=1S/C57H36N2/c1-2-17-39(18-3-1)59-53-32-15-14-31-52(53)58-55(59)38-35-33-37(34-36-38)40-23-16-30-51-54(40)57(47-26-10-6-21-43(47)44-22-7-11-27-48(44)57)50-29-13-12-28-49(50)56(51)45-24-8-4-19-41(45)42-20-5-9-25-46(42)56/h1-36H. The maximum absolute atomic E-state index is 5.22. The van der Waals surface area contributed by atoms with E-state index in [9.17, 15) is 0 Å². The summed E-state index contributed by atoms with van der Waals surface area (Å²) in [6.07, 6.45) is 0. The monoisotopic (exact) mass is 748 g/mol. The molecule has 2 spiro atoms. The summed E-state index contributed by atoms with van der Waals surface area (Å²) in [5.41, 5.74) is 21.6. The Morgan fingerprint density at radius 2 is 0.729 bits per heavy atom. The number of nitrogens with zero attached hydrogens (tertiary/aromatic N) is 2. The number of aromatic nitrogens is 2. The van der Waals surface area contributed by atoms with Crippen LogP contribution in [0.1, 0.15) is 44.5 Å². The van der Waals surface area contributed by atoms with E-state index in [-0.39, 0.29) is 0 Å². The minimum Gasteiger partial charge on any atom is -0.292 e. The summed E-state index contributed by atoms with van der Waals surface area (Å²) in [6.45, 7) is 0. The van der Waals surface area contributed by atoms with Gasteiger partial charge in [0.2, 0.25) is 0 Å². The van der Waals surface area contributed by atoms with E-state index in [1.54, 1.807) is 0 Å². The van der Waals surface area contributed by atoms with Gasteiger partial charge in [-0.15, -0.1) is 0 Å². The molecule has 0 aliphatic heterocycles. The zero-order valence-corrected chi connectivity index (χ0v) is 32.2. The molecule has 2 heteroatoms. The van der Waals surface area contributed by atoms with Gasteiger partial charge in [-0.3, -0.25) is 4.57 Å². The summed E-state index contributed by atoms with van der Waals surface area (Å²) in [7, 11) is 0. The van der Waals surface area contributed by atoms with E-state index >= 15 is 0 Å². The lowest BCUT2D eigenvalue weighted by Gasteiger charge is -2.49. The molecule has 0 fully saturated rings. The van der Waals surface area contributed by atoms with Crippen molar-refractivity contribution >= 4 is 11.0 Å². The predicted molar refractivity (Wildman–Crippen MR) is 240 cm³/mol. The van der Waals surface area contributed by atoms with Crippen molar-refractivity contribution in [2.45, 2.75) is 10.8 Å². The summed E-state index contributed by atoms with van der Waals surface area (Å²) in [6, 6.07) is 81.2. The number of hydrogen-bond donors (Lipinski definition) is 0. The maximum atomic E-state index is 5.22. The van der Waals surface area contributed by atoms with E-state index in [1.807, 2.05) is 0 Å². The number of fused-ring (bicyclic) bond motifs is 17. The number of benzene rings is 9. The summed E-state index contributed by atoms with van der Waals surface area (Å²) >= 11 is 0. The maximum Gasteiger partial charge on any atom is 0.145 e. The fourth-order valence-corrected chi connectivity index (χ4v) is 11.4. The molecule has 3 aliphatic carbocycles. The van der Waals surface area contributed by atoms with E-state index in [0.29, 0.717) is 0 Å². The summed E-state index contributed by atoms with van der Waals surface area (Å²) in [5, 5.41) is 0. The molecule has 10 aromatic rings. The third kappa shape index (κ3) is 4.08. The Balaban J connectivity index is 1.13. The van der Waals surface area contributed by atoms with Crippen molar-refractivity contribution in [1.82, 2.24) is 9.55 Å². The molecule has 0 bridgehead atoms. The first-order valence-corrected chi connectivity index (χ1v) is 20.6. The van der Waals surface area contributed by atoms with Crippen LogP contribution in [0.5, 0.6) is 0 Å². The van der Waals surface area contributed by atoms with Gasteiger partial charge in [0.15, 0.2) is 0 Å². The first-order chi connectivity index (χ1) is 29.3. The van der Waals surface area contributed by atoms with Gasteiger partial charge in [0.25, 0.3) is 0 Å². The Kier molecular flexibility index (Phi) is 6.61. The SMILES string of the molecule is c1ccc(-n2c(-c3ccc(-c4cccc5c4C4(c6ccccc6-c6ccccc64)c4ccccc4C54c5ccccc5-c5ccccc54)cc3)nc3ccccc32)cc1.